The van der Waals surface area contributed by atoms with Gasteiger partial charge in [-0.15, -0.1) is 0 Å². The molecule has 166 valence electrons. The first kappa shape index (κ1) is 24.5. The Labute approximate surface area is 183 Å². The van der Waals surface area contributed by atoms with Gasteiger partial charge < -0.3 is 10.0 Å². The number of carbonyl (C=O) groups is 1. The Morgan fingerprint density at radius 1 is 1.23 bits per heavy atom. The lowest BCUT2D eigenvalue weighted by Crippen LogP contribution is -2.28. The summed E-state index contributed by atoms with van der Waals surface area (Å²) < 4.78 is 55.1. The van der Waals surface area contributed by atoms with Crippen molar-refractivity contribution in [3.8, 4) is 0 Å². The van der Waals surface area contributed by atoms with Crippen molar-refractivity contribution >= 4 is 34.9 Å². The molecule has 2 aromatic carbocycles. The largest absolute Gasteiger partial charge is 0.481 e. The smallest absolute Gasteiger partial charge is 0.417 e. The lowest BCUT2D eigenvalue weighted by atomic mass is 9.98. The number of rotatable bonds is 7. The first-order valence-electron chi connectivity index (χ1n) is 9.37. The maximum absolute atomic E-state index is 14.8. The zero-order valence-electron chi connectivity index (χ0n) is 17.2. The average Bonchev–Trinajstić information content (AvgIpc) is 2.67. The monoisotopic (exact) mass is 455 g/mol. The molecule has 0 aliphatic rings. The van der Waals surface area contributed by atoms with Crippen LogP contribution in [0.5, 0.6) is 0 Å². The average molecular weight is 456 g/mol. The molecule has 0 fully saturated rings. The van der Waals surface area contributed by atoms with Crippen LogP contribution in [0.1, 0.15) is 37.0 Å². The van der Waals surface area contributed by atoms with E-state index in [-0.39, 0.29) is 34.2 Å². The Balaban J connectivity index is 2.54. The van der Waals surface area contributed by atoms with E-state index in [9.17, 15) is 22.4 Å². The molecule has 0 amide bonds. The third-order valence-electron chi connectivity index (χ3n) is 4.80. The molecular formula is C23H22ClF4NO2. The zero-order valence-corrected chi connectivity index (χ0v) is 17.9. The summed E-state index contributed by atoms with van der Waals surface area (Å²) in [6.45, 7) is 3.31. The number of likely N-dealkylation sites (N-methyl/N-ethyl adjacent to an activating group) is 1. The molecule has 2 rings (SSSR count). The summed E-state index contributed by atoms with van der Waals surface area (Å²) in [5, 5.41) is 8.67. The van der Waals surface area contributed by atoms with Gasteiger partial charge in [-0.3, -0.25) is 4.79 Å². The van der Waals surface area contributed by atoms with Gasteiger partial charge in [-0.25, -0.2) is 4.39 Å². The molecule has 0 saturated carbocycles. The minimum atomic E-state index is -4.62. The molecule has 2 aromatic rings. The minimum absolute atomic E-state index is 0.0922. The Morgan fingerprint density at radius 3 is 2.48 bits per heavy atom. The highest BCUT2D eigenvalue weighted by molar-refractivity contribution is 6.32. The molecule has 3 nitrogen and oxygen atoms in total. The molecule has 0 spiro atoms. The van der Waals surface area contributed by atoms with Crippen LogP contribution in [0.15, 0.2) is 48.6 Å². The molecule has 31 heavy (non-hydrogen) atoms. The van der Waals surface area contributed by atoms with Crippen molar-refractivity contribution in [1.82, 2.24) is 0 Å². The topological polar surface area (TPSA) is 40.5 Å². The standard InChI is InChI=1S/C23H22ClF4NO2/c1-14(13-16-17(23(26,27)28)8-5-9-18(16)24)22-19(25)10-6-11-20(22)29(3)15(2)7-4-12-21(30)31/h4-11,13,15H,12H2,1-3H3,(H,30,31)/b7-4-,14-13+. The van der Waals surface area contributed by atoms with E-state index in [2.05, 4.69) is 0 Å². The third-order valence-corrected chi connectivity index (χ3v) is 5.13. The van der Waals surface area contributed by atoms with Gasteiger partial charge in [0, 0.05) is 34.9 Å². The first-order chi connectivity index (χ1) is 14.4. The molecule has 0 saturated heterocycles. The van der Waals surface area contributed by atoms with E-state index in [0.29, 0.717) is 5.69 Å². The van der Waals surface area contributed by atoms with E-state index in [4.69, 9.17) is 16.7 Å². The molecule has 0 aliphatic carbocycles. The number of benzene rings is 2. The van der Waals surface area contributed by atoms with Gasteiger partial charge in [-0.1, -0.05) is 35.9 Å². The second-order valence-electron chi connectivity index (χ2n) is 7.04. The lowest BCUT2D eigenvalue weighted by molar-refractivity contribution is -0.138. The summed E-state index contributed by atoms with van der Waals surface area (Å²) in [6.07, 6.45) is -0.386. The van der Waals surface area contributed by atoms with Crippen molar-refractivity contribution in [2.75, 3.05) is 11.9 Å². The Kier molecular flexibility index (Phi) is 7.90. The maximum atomic E-state index is 14.8. The van der Waals surface area contributed by atoms with Crippen LogP contribution in [0.2, 0.25) is 5.02 Å². The number of nitrogens with zero attached hydrogens (tertiary/aromatic N) is 1. The van der Waals surface area contributed by atoms with E-state index in [1.54, 1.807) is 31.0 Å². The predicted molar refractivity (Wildman–Crippen MR) is 116 cm³/mol. The van der Waals surface area contributed by atoms with E-state index in [1.807, 2.05) is 0 Å². The molecular weight excluding hydrogens is 434 g/mol. The van der Waals surface area contributed by atoms with Crippen LogP contribution in [-0.4, -0.2) is 24.2 Å². The molecule has 0 radical (unpaired) electrons. The fraction of sp³-hybridized carbons (Fsp3) is 0.261. The van der Waals surface area contributed by atoms with Crippen LogP contribution in [-0.2, 0) is 11.0 Å². The van der Waals surface area contributed by atoms with Crippen LogP contribution in [0, 0.1) is 5.82 Å². The highest BCUT2D eigenvalue weighted by Gasteiger charge is 2.33. The van der Waals surface area contributed by atoms with Gasteiger partial charge in [0.25, 0.3) is 0 Å². The summed E-state index contributed by atoms with van der Waals surface area (Å²) in [5.41, 5.74) is -0.297. The molecule has 0 aromatic heterocycles. The van der Waals surface area contributed by atoms with Crippen LogP contribution < -0.4 is 4.90 Å². The van der Waals surface area contributed by atoms with Gasteiger partial charge in [-0.05, 0) is 49.8 Å². The number of alkyl halides is 3. The molecule has 0 heterocycles. The van der Waals surface area contributed by atoms with Gasteiger partial charge in [-0.2, -0.15) is 13.2 Å². The molecule has 0 aliphatic heterocycles. The summed E-state index contributed by atoms with van der Waals surface area (Å²) in [4.78, 5) is 12.4. The van der Waals surface area contributed by atoms with Gasteiger partial charge in [0.1, 0.15) is 5.82 Å². The molecule has 1 N–H and O–H groups in total. The molecule has 8 heteroatoms. The Bertz CT molecular complexity index is 1020. The SMILES string of the molecule is C/C(=C\c1c(Cl)cccc1C(F)(F)F)c1c(F)cccc1N(C)C(C)/C=C\CC(=O)O. The van der Waals surface area contributed by atoms with Crippen molar-refractivity contribution < 1.29 is 27.5 Å². The number of carboxylic acids is 1. The number of carboxylic acid groups (broad SMARTS) is 1. The van der Waals surface area contributed by atoms with Gasteiger partial charge >= 0.3 is 12.1 Å². The summed E-state index contributed by atoms with van der Waals surface area (Å²) in [5.74, 6) is -1.57. The van der Waals surface area contributed by atoms with Crippen LogP contribution >= 0.6 is 11.6 Å². The van der Waals surface area contributed by atoms with Crippen LogP contribution in [0.25, 0.3) is 11.6 Å². The fourth-order valence-electron chi connectivity index (χ4n) is 3.13. The number of hydrogen-bond acceptors (Lipinski definition) is 2. The van der Waals surface area contributed by atoms with Crippen molar-refractivity contribution in [3.63, 3.8) is 0 Å². The third kappa shape index (κ3) is 6.10. The quantitative estimate of drug-likeness (QED) is 0.280. The number of aliphatic carboxylic acids is 1. The van der Waals surface area contributed by atoms with Crippen LogP contribution in [0.3, 0.4) is 0 Å². The predicted octanol–water partition coefficient (Wildman–Crippen LogP) is 6.91. The molecule has 1 unspecified atom stereocenters. The van der Waals surface area contributed by atoms with E-state index in [1.165, 1.54) is 43.3 Å². The molecule has 1 atom stereocenters. The van der Waals surface area contributed by atoms with Crippen LogP contribution in [0.4, 0.5) is 23.2 Å². The zero-order chi connectivity index (χ0) is 23.3. The Morgan fingerprint density at radius 2 is 1.87 bits per heavy atom. The van der Waals surface area contributed by atoms with Gasteiger partial charge in [0.05, 0.1) is 12.0 Å². The maximum Gasteiger partial charge on any atom is 0.417 e. The summed E-state index contributed by atoms with van der Waals surface area (Å²) in [7, 11) is 1.69. The van der Waals surface area contributed by atoms with Crippen molar-refractivity contribution in [2.45, 2.75) is 32.5 Å². The number of halogens is 5. The van der Waals surface area contributed by atoms with Crippen molar-refractivity contribution in [1.29, 1.82) is 0 Å². The number of hydrogen-bond donors (Lipinski definition) is 1. The second kappa shape index (κ2) is 10.0. The normalized spacial score (nSPS) is 13.5. The number of allylic oxidation sites excluding steroid dienone is 1. The van der Waals surface area contributed by atoms with Crippen molar-refractivity contribution in [2.24, 2.45) is 0 Å². The first-order valence-corrected chi connectivity index (χ1v) is 9.75. The second-order valence-corrected chi connectivity index (χ2v) is 7.44. The highest BCUT2D eigenvalue weighted by atomic mass is 35.5. The summed E-state index contributed by atoms with van der Waals surface area (Å²) in [6, 6.07) is 7.57. The van der Waals surface area contributed by atoms with Crippen molar-refractivity contribution in [3.05, 3.63) is 76.1 Å². The fourth-order valence-corrected chi connectivity index (χ4v) is 3.36. The van der Waals surface area contributed by atoms with Gasteiger partial charge in [0.15, 0.2) is 0 Å². The van der Waals surface area contributed by atoms with Gasteiger partial charge in [0.2, 0.25) is 0 Å². The summed E-state index contributed by atoms with van der Waals surface area (Å²) >= 11 is 6.04. The lowest BCUT2D eigenvalue weighted by Gasteiger charge is -2.27. The number of anilines is 1. The highest BCUT2D eigenvalue weighted by Crippen LogP contribution is 2.38. The van der Waals surface area contributed by atoms with E-state index < -0.39 is 23.5 Å². The molecule has 0 bridgehead atoms. The Hall–Kier alpha value is -2.80. The van der Waals surface area contributed by atoms with E-state index in [0.717, 1.165) is 6.07 Å². The van der Waals surface area contributed by atoms with E-state index >= 15 is 0 Å². The minimum Gasteiger partial charge on any atom is -0.481 e.